The van der Waals surface area contributed by atoms with Crippen molar-refractivity contribution in [2.45, 2.75) is 6.92 Å². The van der Waals surface area contributed by atoms with Gasteiger partial charge in [-0.3, -0.25) is 4.79 Å². The predicted octanol–water partition coefficient (Wildman–Crippen LogP) is 3.21. The molecule has 0 aliphatic carbocycles. The molecule has 1 aliphatic heterocycles. The number of carbonyl (C=O) groups excluding carboxylic acids is 1. The van der Waals surface area contributed by atoms with Crippen molar-refractivity contribution in [3.8, 4) is 17.2 Å². The Hall–Kier alpha value is -2.58. The van der Waals surface area contributed by atoms with E-state index >= 15 is 0 Å². The van der Waals surface area contributed by atoms with Crippen LogP contribution >= 0.6 is 11.3 Å². The maximum atomic E-state index is 12.7. The second-order valence-corrected chi connectivity index (χ2v) is 7.14. The van der Waals surface area contributed by atoms with Gasteiger partial charge in [0.15, 0.2) is 22.4 Å². The molecule has 28 heavy (non-hydrogen) atoms. The fourth-order valence-corrected chi connectivity index (χ4v) is 3.98. The average Bonchev–Trinajstić information content (AvgIpc) is 3.13. The van der Waals surface area contributed by atoms with Gasteiger partial charge in [0.05, 0.1) is 45.1 Å². The summed E-state index contributed by atoms with van der Waals surface area (Å²) in [5.41, 5.74) is 1.52. The van der Waals surface area contributed by atoms with Gasteiger partial charge in [-0.25, -0.2) is 4.98 Å². The lowest BCUT2D eigenvalue weighted by atomic mass is 10.1. The van der Waals surface area contributed by atoms with Crippen molar-refractivity contribution in [1.82, 2.24) is 4.98 Å². The molecule has 0 spiro atoms. The zero-order valence-electron chi connectivity index (χ0n) is 16.5. The van der Waals surface area contributed by atoms with Crippen LogP contribution in [0.25, 0.3) is 6.08 Å². The van der Waals surface area contributed by atoms with Crippen LogP contribution < -0.4 is 19.1 Å². The highest BCUT2D eigenvalue weighted by Crippen LogP contribution is 2.38. The molecule has 0 atom stereocenters. The first kappa shape index (κ1) is 20.2. The van der Waals surface area contributed by atoms with E-state index in [1.165, 1.54) is 11.3 Å². The van der Waals surface area contributed by atoms with Crippen LogP contribution in [0.2, 0.25) is 0 Å². The lowest BCUT2D eigenvalue weighted by Gasteiger charge is -2.25. The number of hydrogen-bond donors (Lipinski definition) is 0. The van der Waals surface area contributed by atoms with Gasteiger partial charge in [-0.05, 0) is 30.7 Å². The molecule has 8 heteroatoms. The topological polar surface area (TPSA) is 70.1 Å². The lowest BCUT2D eigenvalue weighted by Crippen LogP contribution is -2.36. The van der Waals surface area contributed by atoms with Crippen molar-refractivity contribution in [3.63, 3.8) is 0 Å². The molecule has 1 aliphatic rings. The highest BCUT2D eigenvalue weighted by atomic mass is 32.1. The molecule has 1 saturated heterocycles. The summed E-state index contributed by atoms with van der Waals surface area (Å²) in [6.07, 6.45) is 3.28. The van der Waals surface area contributed by atoms with E-state index in [4.69, 9.17) is 18.9 Å². The molecular formula is C20H24N2O5S. The standard InChI is InChI=1S/C20H24N2O5S/c1-13-19(28-20(21-13)22-7-9-27-10-8-22)15(23)6-5-14-11-16(24-2)18(26-4)17(12-14)25-3/h5-6,11-12H,7-10H2,1-4H3/b6-5-. The van der Waals surface area contributed by atoms with Gasteiger partial charge < -0.3 is 23.8 Å². The molecule has 0 saturated carbocycles. The summed E-state index contributed by atoms with van der Waals surface area (Å²) >= 11 is 1.42. The van der Waals surface area contributed by atoms with E-state index in [0.29, 0.717) is 35.3 Å². The van der Waals surface area contributed by atoms with Crippen molar-refractivity contribution < 1.29 is 23.7 Å². The summed E-state index contributed by atoms with van der Waals surface area (Å²) in [5, 5.41) is 0.866. The van der Waals surface area contributed by atoms with Gasteiger partial charge in [0.2, 0.25) is 5.75 Å². The highest BCUT2D eigenvalue weighted by Gasteiger charge is 2.19. The summed E-state index contributed by atoms with van der Waals surface area (Å²) in [7, 11) is 4.67. The highest BCUT2D eigenvalue weighted by molar-refractivity contribution is 7.17. The number of carbonyl (C=O) groups is 1. The van der Waals surface area contributed by atoms with Crippen LogP contribution in [-0.2, 0) is 4.74 Å². The third kappa shape index (κ3) is 4.28. The third-order valence-electron chi connectivity index (χ3n) is 4.40. The van der Waals surface area contributed by atoms with Gasteiger partial charge in [0, 0.05) is 13.1 Å². The summed E-state index contributed by atoms with van der Waals surface area (Å²) in [5.74, 6) is 1.51. The molecule has 1 aromatic heterocycles. The summed E-state index contributed by atoms with van der Waals surface area (Å²) in [4.78, 5) is 20.1. The minimum atomic E-state index is -0.0803. The fourth-order valence-electron chi connectivity index (χ4n) is 2.95. The number of aromatic nitrogens is 1. The van der Waals surface area contributed by atoms with E-state index in [0.717, 1.165) is 29.5 Å². The number of nitrogens with zero attached hydrogens (tertiary/aromatic N) is 2. The zero-order chi connectivity index (χ0) is 20.1. The zero-order valence-corrected chi connectivity index (χ0v) is 17.3. The largest absolute Gasteiger partial charge is 0.493 e. The van der Waals surface area contributed by atoms with Crippen LogP contribution in [0.15, 0.2) is 18.2 Å². The van der Waals surface area contributed by atoms with E-state index < -0.39 is 0 Å². The Bertz CT molecular complexity index is 846. The number of ketones is 1. The summed E-state index contributed by atoms with van der Waals surface area (Å²) in [6.45, 7) is 4.82. The van der Waals surface area contributed by atoms with Gasteiger partial charge in [0.25, 0.3) is 0 Å². The monoisotopic (exact) mass is 404 g/mol. The Labute approximate surface area is 168 Å². The Kier molecular flexibility index (Phi) is 6.53. The molecule has 3 rings (SSSR count). The first-order valence-electron chi connectivity index (χ1n) is 8.90. The number of anilines is 1. The van der Waals surface area contributed by atoms with Crippen LogP contribution in [0.1, 0.15) is 20.9 Å². The maximum Gasteiger partial charge on any atom is 0.203 e. The van der Waals surface area contributed by atoms with Gasteiger partial charge in [-0.15, -0.1) is 0 Å². The van der Waals surface area contributed by atoms with Crippen molar-refractivity contribution in [2.24, 2.45) is 0 Å². The second-order valence-electron chi connectivity index (χ2n) is 6.17. The summed E-state index contributed by atoms with van der Waals surface area (Å²) < 4.78 is 21.4. The molecule has 1 fully saturated rings. The molecule has 1 aromatic carbocycles. The minimum Gasteiger partial charge on any atom is -0.493 e. The SMILES string of the molecule is COc1cc(/C=C\C(=O)c2sc(N3CCOCC3)nc2C)cc(OC)c1OC. The van der Waals surface area contributed by atoms with Crippen LogP contribution in [0, 0.1) is 6.92 Å². The number of methoxy groups -OCH3 is 3. The van der Waals surface area contributed by atoms with Gasteiger partial charge in [-0.1, -0.05) is 17.4 Å². The van der Waals surface area contributed by atoms with Gasteiger partial charge in [-0.2, -0.15) is 0 Å². The van der Waals surface area contributed by atoms with E-state index in [9.17, 15) is 4.79 Å². The number of aryl methyl sites for hydroxylation is 1. The first-order valence-corrected chi connectivity index (χ1v) is 9.71. The van der Waals surface area contributed by atoms with Crippen LogP contribution in [-0.4, -0.2) is 58.4 Å². The van der Waals surface area contributed by atoms with Crippen LogP contribution in [0.4, 0.5) is 5.13 Å². The van der Waals surface area contributed by atoms with Crippen LogP contribution in [0.3, 0.4) is 0 Å². The number of hydrogen-bond acceptors (Lipinski definition) is 8. The summed E-state index contributed by atoms with van der Waals surface area (Å²) in [6, 6.07) is 3.59. The number of morpholine rings is 1. The Morgan fingerprint density at radius 3 is 2.36 bits per heavy atom. The van der Waals surface area contributed by atoms with Crippen molar-refractivity contribution in [2.75, 3.05) is 52.5 Å². The Balaban J connectivity index is 1.81. The maximum absolute atomic E-state index is 12.7. The molecule has 0 N–H and O–H groups in total. The van der Waals surface area contributed by atoms with Crippen LogP contribution in [0.5, 0.6) is 17.2 Å². The molecule has 0 unspecified atom stereocenters. The van der Waals surface area contributed by atoms with E-state index in [1.807, 2.05) is 6.92 Å². The van der Waals surface area contributed by atoms with Gasteiger partial charge >= 0.3 is 0 Å². The minimum absolute atomic E-state index is 0.0803. The van der Waals surface area contributed by atoms with Crippen molar-refractivity contribution >= 4 is 28.3 Å². The predicted molar refractivity (Wildman–Crippen MR) is 109 cm³/mol. The van der Waals surface area contributed by atoms with Crippen molar-refractivity contribution in [1.29, 1.82) is 0 Å². The molecule has 0 radical (unpaired) electrons. The quantitative estimate of drug-likeness (QED) is 0.518. The molecule has 150 valence electrons. The number of thiazole rings is 1. The van der Waals surface area contributed by atoms with E-state index in [2.05, 4.69) is 9.88 Å². The normalized spacial score (nSPS) is 14.4. The third-order valence-corrected chi connectivity index (χ3v) is 5.64. The Morgan fingerprint density at radius 2 is 1.79 bits per heavy atom. The number of benzene rings is 1. The number of allylic oxidation sites excluding steroid dienone is 1. The first-order chi connectivity index (χ1) is 13.6. The van der Waals surface area contributed by atoms with E-state index in [1.54, 1.807) is 45.6 Å². The van der Waals surface area contributed by atoms with E-state index in [-0.39, 0.29) is 5.78 Å². The number of ether oxygens (including phenoxy) is 4. The Morgan fingerprint density at radius 1 is 1.14 bits per heavy atom. The number of rotatable bonds is 7. The average molecular weight is 404 g/mol. The molecule has 7 nitrogen and oxygen atoms in total. The molecular weight excluding hydrogens is 380 g/mol. The molecule has 0 amide bonds. The molecule has 0 bridgehead atoms. The fraction of sp³-hybridized carbons (Fsp3) is 0.400. The lowest BCUT2D eigenvalue weighted by molar-refractivity contribution is 0.105. The second kappa shape index (κ2) is 9.07. The van der Waals surface area contributed by atoms with Crippen molar-refractivity contribution in [3.05, 3.63) is 34.3 Å². The van der Waals surface area contributed by atoms with Gasteiger partial charge in [0.1, 0.15) is 0 Å². The molecule has 2 heterocycles. The smallest absolute Gasteiger partial charge is 0.203 e. The molecule has 2 aromatic rings.